The van der Waals surface area contributed by atoms with E-state index in [9.17, 15) is 8.78 Å². The topological polar surface area (TPSA) is 57.4 Å². The molecule has 0 amide bonds. The van der Waals surface area contributed by atoms with Crippen LogP contribution in [0, 0.1) is 0 Å². The minimum absolute atomic E-state index is 0.0832. The first kappa shape index (κ1) is 11.6. The van der Waals surface area contributed by atoms with Gasteiger partial charge in [-0.1, -0.05) is 0 Å². The van der Waals surface area contributed by atoms with Gasteiger partial charge in [0.2, 0.25) is 11.8 Å². The fourth-order valence-electron chi connectivity index (χ4n) is 1.18. The van der Waals surface area contributed by atoms with Crippen molar-refractivity contribution in [3.63, 3.8) is 0 Å². The maximum absolute atomic E-state index is 12.6. The SMILES string of the molecule is COc1nc(OC)c(C(F)F)cc1CN. The van der Waals surface area contributed by atoms with Crippen molar-refractivity contribution < 1.29 is 18.3 Å². The second-order valence-electron chi connectivity index (χ2n) is 2.76. The van der Waals surface area contributed by atoms with Crippen LogP contribution in [0.3, 0.4) is 0 Å². The van der Waals surface area contributed by atoms with Gasteiger partial charge in [-0.2, -0.15) is 4.98 Å². The standard InChI is InChI=1S/C9H12F2N2O2/c1-14-8-5(4-12)3-6(7(10)11)9(13-8)15-2/h3,7H,4,12H2,1-2H3. The van der Waals surface area contributed by atoms with Crippen molar-refractivity contribution in [3.05, 3.63) is 17.2 Å². The Morgan fingerprint density at radius 1 is 1.33 bits per heavy atom. The normalized spacial score (nSPS) is 10.5. The zero-order valence-corrected chi connectivity index (χ0v) is 8.46. The van der Waals surface area contributed by atoms with Gasteiger partial charge in [0, 0.05) is 12.1 Å². The van der Waals surface area contributed by atoms with E-state index in [1.165, 1.54) is 20.3 Å². The second kappa shape index (κ2) is 4.88. The Morgan fingerprint density at radius 3 is 2.33 bits per heavy atom. The largest absolute Gasteiger partial charge is 0.481 e. The fourth-order valence-corrected chi connectivity index (χ4v) is 1.18. The average Bonchev–Trinajstić information content (AvgIpc) is 2.26. The first-order valence-electron chi connectivity index (χ1n) is 4.24. The Kier molecular flexibility index (Phi) is 3.79. The molecule has 2 N–H and O–H groups in total. The highest BCUT2D eigenvalue weighted by Crippen LogP contribution is 2.31. The summed E-state index contributed by atoms with van der Waals surface area (Å²) in [5.41, 5.74) is 5.53. The highest BCUT2D eigenvalue weighted by atomic mass is 19.3. The molecule has 0 aliphatic heterocycles. The predicted molar refractivity (Wildman–Crippen MR) is 50.2 cm³/mol. The van der Waals surface area contributed by atoms with Crippen LogP contribution in [-0.2, 0) is 6.54 Å². The Balaban J connectivity index is 3.27. The van der Waals surface area contributed by atoms with Crippen molar-refractivity contribution in [3.8, 4) is 11.8 Å². The molecule has 1 aromatic heterocycles. The van der Waals surface area contributed by atoms with E-state index in [4.69, 9.17) is 15.2 Å². The number of nitrogens with zero attached hydrogens (tertiary/aromatic N) is 1. The molecule has 0 radical (unpaired) electrons. The van der Waals surface area contributed by atoms with E-state index in [1.54, 1.807) is 0 Å². The summed E-state index contributed by atoms with van der Waals surface area (Å²) in [7, 11) is 2.67. The smallest absolute Gasteiger partial charge is 0.269 e. The average molecular weight is 218 g/mol. The maximum Gasteiger partial charge on any atom is 0.269 e. The van der Waals surface area contributed by atoms with Gasteiger partial charge in [0.25, 0.3) is 6.43 Å². The number of pyridine rings is 1. The summed E-state index contributed by atoms with van der Waals surface area (Å²) in [6.45, 7) is 0.0832. The molecule has 0 aliphatic carbocycles. The highest BCUT2D eigenvalue weighted by molar-refractivity contribution is 5.38. The molecule has 0 aliphatic rings. The molecule has 1 rings (SSSR count). The van der Waals surface area contributed by atoms with Crippen LogP contribution in [0.1, 0.15) is 17.6 Å². The van der Waals surface area contributed by atoms with E-state index >= 15 is 0 Å². The van der Waals surface area contributed by atoms with Crippen LogP contribution in [0.25, 0.3) is 0 Å². The lowest BCUT2D eigenvalue weighted by Crippen LogP contribution is -2.05. The summed E-state index contributed by atoms with van der Waals surface area (Å²) in [4.78, 5) is 3.80. The minimum Gasteiger partial charge on any atom is -0.481 e. The molecule has 0 atom stereocenters. The molecule has 1 heterocycles. The zero-order valence-electron chi connectivity index (χ0n) is 8.46. The van der Waals surface area contributed by atoms with E-state index in [2.05, 4.69) is 4.98 Å². The first-order chi connectivity index (χ1) is 7.13. The molecule has 0 saturated heterocycles. The van der Waals surface area contributed by atoms with E-state index < -0.39 is 6.43 Å². The lowest BCUT2D eigenvalue weighted by atomic mass is 10.2. The van der Waals surface area contributed by atoms with E-state index in [-0.39, 0.29) is 23.9 Å². The Morgan fingerprint density at radius 2 is 1.93 bits per heavy atom. The fraction of sp³-hybridized carbons (Fsp3) is 0.444. The molecule has 0 spiro atoms. The molecule has 1 aromatic rings. The lowest BCUT2D eigenvalue weighted by molar-refractivity contribution is 0.145. The van der Waals surface area contributed by atoms with Crippen LogP contribution >= 0.6 is 0 Å². The molecule has 0 bridgehead atoms. The van der Waals surface area contributed by atoms with Crippen molar-refractivity contribution >= 4 is 0 Å². The van der Waals surface area contributed by atoms with Gasteiger partial charge in [0.1, 0.15) is 0 Å². The van der Waals surface area contributed by atoms with Crippen LogP contribution in [-0.4, -0.2) is 19.2 Å². The lowest BCUT2D eigenvalue weighted by Gasteiger charge is -2.11. The van der Waals surface area contributed by atoms with Crippen LogP contribution in [0.5, 0.6) is 11.8 Å². The Labute approximate surface area is 86.0 Å². The molecular weight excluding hydrogens is 206 g/mol. The van der Waals surface area contributed by atoms with E-state index in [1.807, 2.05) is 0 Å². The van der Waals surface area contributed by atoms with Crippen LogP contribution in [0.15, 0.2) is 6.07 Å². The van der Waals surface area contributed by atoms with Gasteiger partial charge < -0.3 is 15.2 Å². The quantitative estimate of drug-likeness (QED) is 0.831. The molecule has 0 saturated carbocycles. The number of halogens is 2. The minimum atomic E-state index is -2.65. The first-order valence-corrected chi connectivity index (χ1v) is 4.24. The van der Waals surface area contributed by atoms with Gasteiger partial charge in [0.05, 0.1) is 19.8 Å². The Bertz CT molecular complexity index is 345. The third kappa shape index (κ3) is 2.33. The summed E-state index contributed by atoms with van der Waals surface area (Å²) in [5, 5.41) is 0. The van der Waals surface area contributed by atoms with Gasteiger partial charge in [-0.05, 0) is 6.07 Å². The third-order valence-corrected chi connectivity index (χ3v) is 1.90. The molecule has 0 unspecified atom stereocenters. The molecule has 0 fully saturated rings. The van der Waals surface area contributed by atoms with Crippen LogP contribution in [0.2, 0.25) is 0 Å². The molecule has 84 valence electrons. The molecular formula is C9H12F2N2O2. The number of ether oxygens (including phenoxy) is 2. The van der Waals surface area contributed by atoms with E-state index in [0.717, 1.165) is 0 Å². The number of aromatic nitrogens is 1. The van der Waals surface area contributed by atoms with Gasteiger partial charge in [-0.3, -0.25) is 0 Å². The van der Waals surface area contributed by atoms with Crippen LogP contribution < -0.4 is 15.2 Å². The van der Waals surface area contributed by atoms with Gasteiger partial charge in [-0.15, -0.1) is 0 Å². The number of methoxy groups -OCH3 is 2. The third-order valence-electron chi connectivity index (χ3n) is 1.90. The zero-order chi connectivity index (χ0) is 11.4. The van der Waals surface area contributed by atoms with Gasteiger partial charge in [0.15, 0.2) is 0 Å². The molecule has 6 heteroatoms. The second-order valence-corrected chi connectivity index (χ2v) is 2.76. The number of hydrogen-bond acceptors (Lipinski definition) is 4. The van der Waals surface area contributed by atoms with E-state index in [0.29, 0.717) is 5.56 Å². The highest BCUT2D eigenvalue weighted by Gasteiger charge is 2.18. The van der Waals surface area contributed by atoms with Crippen molar-refractivity contribution in [2.45, 2.75) is 13.0 Å². The van der Waals surface area contributed by atoms with Gasteiger partial charge >= 0.3 is 0 Å². The summed E-state index contributed by atoms with van der Waals surface area (Å²) in [5.74, 6) is 0.0674. The molecule has 4 nitrogen and oxygen atoms in total. The van der Waals surface area contributed by atoms with Crippen molar-refractivity contribution in [2.24, 2.45) is 5.73 Å². The van der Waals surface area contributed by atoms with Crippen molar-refractivity contribution in [2.75, 3.05) is 14.2 Å². The predicted octanol–water partition coefficient (Wildman–Crippen LogP) is 1.50. The monoisotopic (exact) mass is 218 g/mol. The maximum atomic E-state index is 12.6. The van der Waals surface area contributed by atoms with Crippen molar-refractivity contribution in [1.82, 2.24) is 4.98 Å². The number of rotatable bonds is 4. The number of hydrogen-bond donors (Lipinski definition) is 1. The van der Waals surface area contributed by atoms with Crippen molar-refractivity contribution in [1.29, 1.82) is 0 Å². The number of nitrogens with two attached hydrogens (primary N) is 1. The molecule has 0 aromatic carbocycles. The van der Waals surface area contributed by atoms with Crippen LogP contribution in [0.4, 0.5) is 8.78 Å². The van der Waals surface area contributed by atoms with Gasteiger partial charge in [-0.25, -0.2) is 8.78 Å². The Hall–Kier alpha value is -1.43. The summed E-state index contributed by atoms with van der Waals surface area (Å²) in [6.07, 6.45) is -2.65. The molecule has 15 heavy (non-hydrogen) atoms. The summed E-state index contributed by atoms with van der Waals surface area (Å²) >= 11 is 0. The summed E-state index contributed by atoms with van der Waals surface area (Å²) < 4.78 is 34.8. The number of alkyl halides is 2. The summed E-state index contributed by atoms with van der Waals surface area (Å²) in [6, 6.07) is 1.25.